The highest BCUT2D eigenvalue weighted by atomic mass is 35.5. The SMILES string of the molecule is O=C1C=CC(=Nc2ccc([N+](=O)[O-])cc2)C=C1Cl. The molecule has 1 aliphatic carbocycles. The zero-order valence-electron chi connectivity index (χ0n) is 9.04. The Kier molecular flexibility index (Phi) is 3.34. The number of rotatable bonds is 2. The number of ketones is 1. The topological polar surface area (TPSA) is 72.6 Å². The lowest BCUT2D eigenvalue weighted by Crippen LogP contribution is -2.03. The molecule has 1 aromatic carbocycles. The highest BCUT2D eigenvalue weighted by Gasteiger charge is 2.09. The number of nitro groups is 1. The van der Waals surface area contributed by atoms with Crippen molar-refractivity contribution in [3.8, 4) is 0 Å². The number of halogens is 1. The summed E-state index contributed by atoms with van der Waals surface area (Å²) < 4.78 is 0. The van der Waals surface area contributed by atoms with E-state index in [4.69, 9.17) is 11.6 Å². The highest BCUT2D eigenvalue weighted by Crippen LogP contribution is 2.19. The number of benzene rings is 1. The third-order valence-corrected chi connectivity index (χ3v) is 2.53. The Labute approximate surface area is 107 Å². The lowest BCUT2D eigenvalue weighted by Gasteiger charge is -2.02. The predicted molar refractivity (Wildman–Crippen MR) is 68.3 cm³/mol. The summed E-state index contributed by atoms with van der Waals surface area (Å²) in [5.41, 5.74) is 1.07. The summed E-state index contributed by atoms with van der Waals surface area (Å²) in [7, 11) is 0. The lowest BCUT2D eigenvalue weighted by molar-refractivity contribution is -0.384. The molecule has 18 heavy (non-hydrogen) atoms. The van der Waals surface area contributed by atoms with Crippen LogP contribution >= 0.6 is 11.6 Å². The number of nitrogens with zero attached hydrogens (tertiary/aromatic N) is 2. The molecule has 0 aromatic heterocycles. The van der Waals surface area contributed by atoms with Gasteiger partial charge in [-0.25, -0.2) is 4.99 Å². The highest BCUT2D eigenvalue weighted by molar-refractivity contribution is 6.47. The van der Waals surface area contributed by atoms with Crippen LogP contribution in [0.5, 0.6) is 0 Å². The second-order valence-electron chi connectivity index (χ2n) is 3.50. The minimum atomic E-state index is -0.479. The molecule has 1 aromatic rings. The summed E-state index contributed by atoms with van der Waals surface area (Å²) in [5, 5.41) is 10.6. The van der Waals surface area contributed by atoms with E-state index in [1.165, 1.54) is 42.5 Å². The Balaban J connectivity index is 2.26. The fraction of sp³-hybridized carbons (Fsp3) is 0. The van der Waals surface area contributed by atoms with Crippen molar-refractivity contribution in [2.24, 2.45) is 4.99 Å². The van der Waals surface area contributed by atoms with Crippen LogP contribution in [0.2, 0.25) is 0 Å². The number of carbonyl (C=O) groups excluding carboxylic acids is 1. The maximum atomic E-state index is 11.1. The molecule has 0 radical (unpaired) electrons. The summed E-state index contributed by atoms with van der Waals surface area (Å²) in [6, 6.07) is 5.78. The van der Waals surface area contributed by atoms with E-state index in [0.29, 0.717) is 11.4 Å². The van der Waals surface area contributed by atoms with Gasteiger partial charge in [-0.1, -0.05) is 11.6 Å². The number of allylic oxidation sites excluding steroid dienone is 4. The van der Waals surface area contributed by atoms with E-state index in [1.807, 2.05) is 0 Å². The second-order valence-corrected chi connectivity index (χ2v) is 3.91. The second kappa shape index (κ2) is 4.93. The Bertz CT molecular complexity index is 600. The molecule has 6 heteroatoms. The first kappa shape index (κ1) is 12.2. The number of nitro benzene ring substituents is 1. The monoisotopic (exact) mass is 262 g/mol. The van der Waals surface area contributed by atoms with Crippen molar-refractivity contribution < 1.29 is 9.72 Å². The molecule has 5 nitrogen and oxygen atoms in total. The van der Waals surface area contributed by atoms with Crippen molar-refractivity contribution in [3.63, 3.8) is 0 Å². The minimum absolute atomic E-state index is 0.00175. The largest absolute Gasteiger partial charge is 0.288 e. The van der Waals surface area contributed by atoms with E-state index in [0.717, 1.165) is 0 Å². The Morgan fingerprint density at radius 2 is 1.83 bits per heavy atom. The van der Waals surface area contributed by atoms with E-state index < -0.39 is 4.92 Å². The quantitative estimate of drug-likeness (QED) is 0.467. The molecule has 0 amide bonds. The molecule has 0 bridgehead atoms. The number of carbonyl (C=O) groups is 1. The molecule has 1 aliphatic rings. The van der Waals surface area contributed by atoms with Crippen molar-refractivity contribution in [3.05, 3.63) is 57.6 Å². The summed E-state index contributed by atoms with van der Waals surface area (Å²) in [4.78, 5) is 25.3. The van der Waals surface area contributed by atoms with Gasteiger partial charge in [-0.15, -0.1) is 0 Å². The standard InChI is InChI=1S/C12H7ClN2O3/c13-11-7-9(3-6-12(11)16)14-8-1-4-10(5-2-8)15(17)18/h1-7H. The van der Waals surface area contributed by atoms with Crippen molar-refractivity contribution in [1.82, 2.24) is 0 Å². The summed E-state index contributed by atoms with van der Waals surface area (Å²) in [5.74, 6) is -0.265. The zero-order valence-corrected chi connectivity index (χ0v) is 9.79. The molecule has 0 saturated heterocycles. The molecule has 0 heterocycles. The Hall–Kier alpha value is -2.27. The minimum Gasteiger partial charge on any atom is -0.288 e. The molecule has 0 atom stereocenters. The maximum absolute atomic E-state index is 11.1. The summed E-state index contributed by atoms with van der Waals surface area (Å²) >= 11 is 5.69. The maximum Gasteiger partial charge on any atom is 0.269 e. The smallest absolute Gasteiger partial charge is 0.269 e. The van der Waals surface area contributed by atoms with Gasteiger partial charge in [0.15, 0.2) is 5.78 Å². The van der Waals surface area contributed by atoms with Crippen LogP contribution in [-0.4, -0.2) is 16.4 Å². The molecular weight excluding hydrogens is 256 g/mol. The molecular formula is C12H7ClN2O3. The summed E-state index contributed by atoms with van der Waals surface area (Å²) in [6.07, 6.45) is 4.31. The normalized spacial score (nSPS) is 16.8. The van der Waals surface area contributed by atoms with Gasteiger partial charge >= 0.3 is 0 Å². The third-order valence-electron chi connectivity index (χ3n) is 2.23. The first-order valence-electron chi connectivity index (χ1n) is 4.99. The molecule has 0 spiro atoms. The van der Waals surface area contributed by atoms with Crippen molar-refractivity contribution in [1.29, 1.82) is 0 Å². The molecule has 0 aliphatic heterocycles. The number of hydrogen-bond donors (Lipinski definition) is 0. The van der Waals surface area contributed by atoms with Crippen LogP contribution in [0.25, 0.3) is 0 Å². The van der Waals surface area contributed by atoms with E-state index in [9.17, 15) is 14.9 Å². The van der Waals surface area contributed by atoms with Gasteiger partial charge in [-0.05, 0) is 30.4 Å². The van der Waals surface area contributed by atoms with Gasteiger partial charge in [-0.3, -0.25) is 14.9 Å². The first-order valence-corrected chi connectivity index (χ1v) is 5.37. The summed E-state index contributed by atoms with van der Waals surface area (Å²) in [6.45, 7) is 0. The zero-order chi connectivity index (χ0) is 13.1. The van der Waals surface area contributed by atoms with E-state index >= 15 is 0 Å². The fourth-order valence-corrected chi connectivity index (χ4v) is 1.53. The van der Waals surface area contributed by atoms with Crippen LogP contribution in [0.15, 0.2) is 52.5 Å². The number of hydrogen-bond acceptors (Lipinski definition) is 4. The van der Waals surface area contributed by atoms with Crippen LogP contribution in [-0.2, 0) is 4.79 Å². The van der Waals surface area contributed by atoms with Crippen molar-refractivity contribution in [2.45, 2.75) is 0 Å². The van der Waals surface area contributed by atoms with Gasteiger partial charge in [0.25, 0.3) is 5.69 Å². The van der Waals surface area contributed by atoms with Crippen LogP contribution < -0.4 is 0 Å². The van der Waals surface area contributed by atoms with E-state index in [1.54, 1.807) is 0 Å². The van der Waals surface area contributed by atoms with Gasteiger partial charge < -0.3 is 0 Å². The van der Waals surface area contributed by atoms with Gasteiger partial charge in [-0.2, -0.15) is 0 Å². The van der Waals surface area contributed by atoms with E-state index in [-0.39, 0.29) is 16.5 Å². The van der Waals surface area contributed by atoms with Gasteiger partial charge in [0.2, 0.25) is 0 Å². The van der Waals surface area contributed by atoms with Gasteiger partial charge in [0.05, 0.1) is 21.4 Å². The molecule has 0 saturated carbocycles. The fourth-order valence-electron chi connectivity index (χ4n) is 1.36. The molecule has 90 valence electrons. The van der Waals surface area contributed by atoms with Crippen molar-refractivity contribution in [2.75, 3.05) is 0 Å². The first-order chi connectivity index (χ1) is 8.56. The van der Waals surface area contributed by atoms with Crippen LogP contribution in [0.1, 0.15) is 0 Å². The number of aliphatic imine (C=N–C) groups is 1. The number of non-ortho nitro benzene ring substituents is 1. The van der Waals surface area contributed by atoms with Crippen LogP contribution in [0.4, 0.5) is 11.4 Å². The average Bonchev–Trinajstić information content (AvgIpc) is 2.34. The van der Waals surface area contributed by atoms with Gasteiger partial charge in [0.1, 0.15) is 0 Å². The Morgan fingerprint density at radius 1 is 1.17 bits per heavy atom. The molecule has 0 fully saturated rings. The van der Waals surface area contributed by atoms with Crippen molar-refractivity contribution >= 4 is 34.5 Å². The molecule has 2 rings (SSSR count). The average molecular weight is 263 g/mol. The molecule has 0 N–H and O–H groups in total. The van der Waals surface area contributed by atoms with Crippen LogP contribution in [0, 0.1) is 10.1 Å². The van der Waals surface area contributed by atoms with Gasteiger partial charge in [0, 0.05) is 12.1 Å². The Morgan fingerprint density at radius 3 is 2.39 bits per heavy atom. The molecule has 0 unspecified atom stereocenters. The predicted octanol–water partition coefficient (Wildman–Crippen LogP) is 2.93. The van der Waals surface area contributed by atoms with Crippen LogP contribution in [0.3, 0.4) is 0 Å². The van der Waals surface area contributed by atoms with E-state index in [2.05, 4.69) is 4.99 Å². The lowest BCUT2D eigenvalue weighted by atomic mass is 10.1. The third kappa shape index (κ3) is 2.70.